The smallest absolute Gasteiger partial charge is 0.261 e. The van der Waals surface area contributed by atoms with Crippen LogP contribution in [0.3, 0.4) is 0 Å². The first-order chi connectivity index (χ1) is 19.1. The van der Waals surface area contributed by atoms with Crippen LogP contribution in [0.25, 0.3) is 0 Å². The molecule has 5 nitrogen and oxygen atoms in total. The number of carbonyl (C=O) groups is 2. The minimum Gasteiger partial charge on any atom is -0.483 e. The molecule has 6 heteroatoms. The normalized spacial score (nSPS) is 14.5. The molecule has 1 fully saturated rings. The van der Waals surface area contributed by atoms with Gasteiger partial charge in [0.15, 0.2) is 6.61 Å². The van der Waals surface area contributed by atoms with Crippen LogP contribution in [0.5, 0.6) is 5.75 Å². The Kier molecular flexibility index (Phi) is 10.1. The summed E-state index contributed by atoms with van der Waals surface area (Å²) >= 11 is 3.62. The van der Waals surface area contributed by atoms with E-state index in [2.05, 4.69) is 42.0 Å². The van der Waals surface area contributed by atoms with E-state index in [4.69, 9.17) is 4.74 Å². The average molecular weight is 606 g/mol. The maximum atomic E-state index is 13.9. The van der Waals surface area contributed by atoms with Gasteiger partial charge in [0.25, 0.3) is 5.91 Å². The first-order valence-electron chi connectivity index (χ1n) is 14.2. The fourth-order valence-electron chi connectivity index (χ4n) is 5.12. The summed E-state index contributed by atoms with van der Waals surface area (Å²) in [5.41, 5.74) is 4.30. The largest absolute Gasteiger partial charge is 0.483 e. The zero-order valence-corrected chi connectivity index (χ0v) is 25.7. The van der Waals surface area contributed by atoms with Gasteiger partial charge in [-0.15, -0.1) is 0 Å². The lowest BCUT2D eigenvalue weighted by molar-refractivity contribution is -0.143. The topological polar surface area (TPSA) is 58.6 Å². The molecule has 1 N–H and O–H groups in total. The van der Waals surface area contributed by atoms with E-state index in [-0.39, 0.29) is 29.9 Å². The number of hydrogen-bond acceptors (Lipinski definition) is 3. The van der Waals surface area contributed by atoms with Crippen LogP contribution in [0.2, 0.25) is 0 Å². The number of benzene rings is 3. The van der Waals surface area contributed by atoms with Gasteiger partial charge in [0.05, 0.1) is 4.47 Å². The second-order valence-electron chi connectivity index (χ2n) is 11.9. The van der Waals surface area contributed by atoms with Crippen molar-refractivity contribution >= 4 is 27.7 Å². The van der Waals surface area contributed by atoms with Crippen LogP contribution in [0, 0.1) is 6.92 Å². The van der Waals surface area contributed by atoms with Crippen molar-refractivity contribution in [3.05, 3.63) is 99.5 Å². The molecule has 4 rings (SSSR count). The van der Waals surface area contributed by atoms with Gasteiger partial charge in [-0.25, -0.2) is 0 Å². The summed E-state index contributed by atoms with van der Waals surface area (Å²) in [7, 11) is 0. The molecule has 1 saturated carbocycles. The molecule has 212 valence electrons. The van der Waals surface area contributed by atoms with Crippen LogP contribution in [0.1, 0.15) is 68.7 Å². The molecule has 2 amide bonds. The van der Waals surface area contributed by atoms with Gasteiger partial charge in [-0.05, 0) is 69.9 Å². The van der Waals surface area contributed by atoms with Crippen molar-refractivity contribution in [2.24, 2.45) is 0 Å². The minimum absolute atomic E-state index is 0.000947. The van der Waals surface area contributed by atoms with E-state index in [1.165, 1.54) is 5.56 Å². The summed E-state index contributed by atoms with van der Waals surface area (Å²) < 4.78 is 6.85. The van der Waals surface area contributed by atoms with Gasteiger partial charge in [-0.3, -0.25) is 9.59 Å². The average Bonchev–Trinajstić information content (AvgIpc) is 3.44. The van der Waals surface area contributed by atoms with E-state index in [1.54, 1.807) is 4.90 Å². The molecule has 3 aromatic carbocycles. The van der Waals surface area contributed by atoms with Crippen molar-refractivity contribution in [3.63, 3.8) is 0 Å². The molecular formula is C34H41BrN2O3. The number of carbonyl (C=O) groups excluding carboxylic acids is 2. The van der Waals surface area contributed by atoms with Gasteiger partial charge in [0.1, 0.15) is 11.8 Å². The van der Waals surface area contributed by atoms with Crippen molar-refractivity contribution in [1.82, 2.24) is 10.2 Å². The Balaban J connectivity index is 1.60. The number of ether oxygens (including phenoxy) is 1. The third-order valence-electron chi connectivity index (χ3n) is 7.60. The molecule has 1 atom stereocenters. The quantitative estimate of drug-likeness (QED) is 0.268. The highest BCUT2D eigenvalue weighted by atomic mass is 79.9. The van der Waals surface area contributed by atoms with Crippen LogP contribution in [-0.4, -0.2) is 35.4 Å². The minimum atomic E-state index is -0.660. The van der Waals surface area contributed by atoms with Gasteiger partial charge < -0.3 is 15.0 Å². The van der Waals surface area contributed by atoms with Crippen molar-refractivity contribution < 1.29 is 14.3 Å². The maximum Gasteiger partial charge on any atom is 0.261 e. The molecule has 1 unspecified atom stereocenters. The Bertz CT molecular complexity index is 1280. The Morgan fingerprint density at radius 1 is 0.975 bits per heavy atom. The van der Waals surface area contributed by atoms with E-state index in [9.17, 15) is 9.59 Å². The summed E-state index contributed by atoms with van der Waals surface area (Å²) in [4.78, 5) is 29.4. The fraction of sp³-hybridized carbons (Fsp3) is 0.412. The lowest BCUT2D eigenvalue weighted by atomic mass is 9.87. The molecule has 0 spiro atoms. The van der Waals surface area contributed by atoms with Gasteiger partial charge in [-0.1, -0.05) is 99.8 Å². The second-order valence-corrected chi connectivity index (χ2v) is 12.7. The summed E-state index contributed by atoms with van der Waals surface area (Å²) in [6.07, 6.45) is 4.64. The van der Waals surface area contributed by atoms with E-state index >= 15 is 0 Å². The Labute approximate surface area is 247 Å². The summed E-state index contributed by atoms with van der Waals surface area (Å²) in [5.74, 6) is 0.272. The molecule has 1 aliphatic rings. The molecule has 0 bridgehead atoms. The number of aryl methyl sites for hydroxylation is 1. The molecule has 3 aromatic rings. The zero-order chi connectivity index (χ0) is 28.7. The Morgan fingerprint density at radius 2 is 1.65 bits per heavy atom. The predicted molar refractivity (Wildman–Crippen MR) is 164 cm³/mol. The number of amides is 2. The number of hydrogen-bond donors (Lipinski definition) is 1. The van der Waals surface area contributed by atoms with E-state index in [0.717, 1.165) is 46.8 Å². The molecular weight excluding hydrogens is 564 g/mol. The van der Waals surface area contributed by atoms with Crippen molar-refractivity contribution in [1.29, 1.82) is 0 Å². The van der Waals surface area contributed by atoms with E-state index in [0.29, 0.717) is 18.7 Å². The van der Waals surface area contributed by atoms with Crippen molar-refractivity contribution in [2.45, 2.75) is 83.8 Å². The van der Waals surface area contributed by atoms with Gasteiger partial charge in [0, 0.05) is 19.0 Å². The van der Waals surface area contributed by atoms with Gasteiger partial charge in [0.2, 0.25) is 5.91 Å². The summed E-state index contributed by atoms with van der Waals surface area (Å²) in [5, 5.41) is 3.25. The highest BCUT2D eigenvalue weighted by Crippen LogP contribution is 2.31. The van der Waals surface area contributed by atoms with Gasteiger partial charge in [-0.2, -0.15) is 0 Å². The lowest BCUT2D eigenvalue weighted by Crippen LogP contribution is -2.53. The molecule has 0 heterocycles. The third-order valence-corrected chi connectivity index (χ3v) is 8.21. The first kappa shape index (κ1) is 29.9. The van der Waals surface area contributed by atoms with E-state index in [1.807, 2.05) is 79.7 Å². The number of nitrogens with one attached hydrogen (secondary N) is 1. The van der Waals surface area contributed by atoms with Crippen molar-refractivity contribution in [3.8, 4) is 5.75 Å². The second kappa shape index (κ2) is 13.5. The Hall–Kier alpha value is -3.12. The summed E-state index contributed by atoms with van der Waals surface area (Å²) in [6.45, 7) is 8.67. The van der Waals surface area contributed by atoms with Crippen molar-refractivity contribution in [2.75, 3.05) is 6.61 Å². The highest BCUT2D eigenvalue weighted by Gasteiger charge is 2.32. The SMILES string of the molecule is Cc1ccc(CN(C(=O)COc2ccc(C(C)(C)C)cc2Br)C(Cc2ccccc2)C(=O)NC2CCCC2)cc1. The molecule has 0 radical (unpaired) electrons. The zero-order valence-electron chi connectivity index (χ0n) is 24.1. The molecule has 0 aliphatic heterocycles. The molecule has 0 saturated heterocycles. The van der Waals surface area contributed by atoms with Crippen LogP contribution >= 0.6 is 15.9 Å². The molecule has 0 aromatic heterocycles. The Morgan fingerprint density at radius 3 is 2.27 bits per heavy atom. The van der Waals surface area contributed by atoms with Gasteiger partial charge >= 0.3 is 0 Å². The predicted octanol–water partition coefficient (Wildman–Crippen LogP) is 7.13. The summed E-state index contributed by atoms with van der Waals surface area (Å²) in [6, 6.07) is 23.5. The highest BCUT2D eigenvalue weighted by molar-refractivity contribution is 9.10. The number of halogens is 1. The third kappa shape index (κ3) is 8.20. The molecule has 1 aliphatic carbocycles. The van der Waals surface area contributed by atoms with Crippen LogP contribution in [0.4, 0.5) is 0 Å². The fourth-order valence-corrected chi connectivity index (χ4v) is 5.61. The van der Waals surface area contributed by atoms with Crippen LogP contribution in [0.15, 0.2) is 77.3 Å². The maximum absolute atomic E-state index is 13.9. The van der Waals surface area contributed by atoms with Crippen LogP contribution < -0.4 is 10.1 Å². The van der Waals surface area contributed by atoms with E-state index < -0.39 is 6.04 Å². The lowest BCUT2D eigenvalue weighted by Gasteiger charge is -2.32. The number of rotatable bonds is 10. The monoisotopic (exact) mass is 604 g/mol. The first-order valence-corrected chi connectivity index (χ1v) is 15.0. The molecule has 40 heavy (non-hydrogen) atoms. The standard InChI is InChI=1S/C34H41BrN2O3/c1-24-14-16-26(17-15-24)22-37(32(38)23-40-31-19-18-27(21-29(31)35)34(2,3)4)30(20-25-10-6-5-7-11-25)33(39)36-28-12-8-9-13-28/h5-7,10-11,14-19,21,28,30H,8-9,12-13,20,22-23H2,1-4H3,(H,36,39). The van der Waals surface area contributed by atoms with Crippen LogP contribution in [-0.2, 0) is 28.0 Å². The number of nitrogens with zero attached hydrogens (tertiary/aromatic N) is 1.